The van der Waals surface area contributed by atoms with Crippen molar-refractivity contribution >= 4 is 17.3 Å². The number of methoxy groups -OCH3 is 1. The highest BCUT2D eigenvalue weighted by atomic mass is 35.5. The van der Waals surface area contributed by atoms with Crippen molar-refractivity contribution in [3.63, 3.8) is 0 Å². The second-order valence-corrected chi connectivity index (χ2v) is 5.78. The molecular weight excluding hydrogens is 270 g/mol. The van der Waals surface area contributed by atoms with Gasteiger partial charge in [-0.3, -0.25) is 0 Å². The first-order chi connectivity index (χ1) is 9.65. The van der Waals surface area contributed by atoms with E-state index >= 15 is 0 Å². The summed E-state index contributed by atoms with van der Waals surface area (Å²) in [6.45, 7) is 2.06. The van der Waals surface area contributed by atoms with Crippen molar-refractivity contribution < 1.29 is 4.74 Å². The molecule has 1 aliphatic rings. The lowest BCUT2D eigenvalue weighted by molar-refractivity contribution is 0.412. The summed E-state index contributed by atoms with van der Waals surface area (Å²) in [5.41, 5.74) is 5.06. The third-order valence-corrected chi connectivity index (χ3v) is 4.10. The fraction of sp³-hybridized carbons (Fsp3) is 0.294. The minimum Gasteiger partial charge on any atom is -0.496 e. The van der Waals surface area contributed by atoms with Crippen LogP contribution in [0.1, 0.15) is 16.7 Å². The smallest absolute Gasteiger partial charge is 0.121 e. The summed E-state index contributed by atoms with van der Waals surface area (Å²) in [4.78, 5) is 0. The van der Waals surface area contributed by atoms with Crippen LogP contribution in [0.2, 0.25) is 5.02 Å². The largest absolute Gasteiger partial charge is 0.496 e. The van der Waals surface area contributed by atoms with E-state index in [1.165, 1.54) is 11.1 Å². The Morgan fingerprint density at radius 1 is 1.10 bits per heavy atom. The Hall–Kier alpha value is -1.67. The molecular formula is C17H18ClNO. The molecule has 0 fully saturated rings. The van der Waals surface area contributed by atoms with E-state index in [4.69, 9.17) is 16.3 Å². The molecule has 3 heteroatoms. The van der Waals surface area contributed by atoms with Gasteiger partial charge in [0, 0.05) is 16.8 Å². The molecule has 2 nitrogen and oxygen atoms in total. The number of ether oxygens (including phenoxy) is 1. The topological polar surface area (TPSA) is 21.3 Å². The SMILES string of the molecule is COc1ccc(NC2Cc3ccc(Cl)cc3C2)cc1C. The van der Waals surface area contributed by atoms with Crippen LogP contribution in [0.25, 0.3) is 0 Å². The van der Waals surface area contributed by atoms with Gasteiger partial charge in [0.25, 0.3) is 0 Å². The highest BCUT2D eigenvalue weighted by Gasteiger charge is 2.21. The van der Waals surface area contributed by atoms with Crippen LogP contribution in [-0.2, 0) is 12.8 Å². The number of benzene rings is 2. The Bertz CT molecular complexity index is 639. The van der Waals surface area contributed by atoms with Crippen LogP contribution in [-0.4, -0.2) is 13.2 Å². The van der Waals surface area contributed by atoms with Crippen LogP contribution in [0.3, 0.4) is 0 Å². The first-order valence-corrected chi connectivity index (χ1v) is 7.22. The van der Waals surface area contributed by atoms with Crippen LogP contribution in [0.15, 0.2) is 36.4 Å². The Morgan fingerprint density at radius 2 is 1.90 bits per heavy atom. The maximum absolute atomic E-state index is 6.05. The van der Waals surface area contributed by atoms with Crippen LogP contribution >= 0.6 is 11.6 Å². The summed E-state index contributed by atoms with van der Waals surface area (Å²) in [6.07, 6.45) is 2.08. The molecule has 0 saturated heterocycles. The van der Waals surface area contributed by atoms with Gasteiger partial charge in [0.1, 0.15) is 5.75 Å². The molecule has 104 valence electrons. The average Bonchev–Trinajstić information content (AvgIpc) is 2.80. The van der Waals surface area contributed by atoms with Gasteiger partial charge >= 0.3 is 0 Å². The molecule has 2 aromatic carbocycles. The molecule has 1 N–H and O–H groups in total. The van der Waals surface area contributed by atoms with Gasteiger partial charge in [0.15, 0.2) is 0 Å². The van der Waals surface area contributed by atoms with Crippen LogP contribution in [0.4, 0.5) is 5.69 Å². The van der Waals surface area contributed by atoms with Gasteiger partial charge in [-0.25, -0.2) is 0 Å². The Kier molecular flexibility index (Phi) is 3.58. The van der Waals surface area contributed by atoms with Gasteiger partial charge in [-0.05, 0) is 66.8 Å². The third-order valence-electron chi connectivity index (χ3n) is 3.87. The molecule has 0 radical (unpaired) electrons. The summed E-state index contributed by atoms with van der Waals surface area (Å²) >= 11 is 6.05. The van der Waals surface area contributed by atoms with Crippen molar-refractivity contribution in [1.82, 2.24) is 0 Å². The number of rotatable bonds is 3. The quantitative estimate of drug-likeness (QED) is 0.912. The molecule has 0 amide bonds. The summed E-state index contributed by atoms with van der Waals surface area (Å²) in [5.74, 6) is 0.928. The highest BCUT2D eigenvalue weighted by molar-refractivity contribution is 6.30. The fourth-order valence-electron chi connectivity index (χ4n) is 2.89. The molecule has 2 aromatic rings. The minimum atomic E-state index is 0.441. The van der Waals surface area contributed by atoms with Crippen molar-refractivity contribution in [3.05, 3.63) is 58.1 Å². The lowest BCUT2D eigenvalue weighted by atomic mass is 10.1. The Balaban J connectivity index is 1.73. The average molecular weight is 288 g/mol. The first-order valence-electron chi connectivity index (χ1n) is 6.84. The molecule has 0 bridgehead atoms. The molecule has 1 atom stereocenters. The zero-order valence-corrected chi connectivity index (χ0v) is 12.5. The van der Waals surface area contributed by atoms with Crippen molar-refractivity contribution in [2.24, 2.45) is 0 Å². The monoisotopic (exact) mass is 287 g/mol. The van der Waals surface area contributed by atoms with Gasteiger partial charge in [-0.2, -0.15) is 0 Å². The highest BCUT2D eigenvalue weighted by Crippen LogP contribution is 2.28. The van der Waals surface area contributed by atoms with E-state index in [2.05, 4.69) is 36.5 Å². The third kappa shape index (κ3) is 2.61. The van der Waals surface area contributed by atoms with Crippen molar-refractivity contribution in [2.75, 3.05) is 12.4 Å². The molecule has 0 spiro atoms. The van der Waals surface area contributed by atoms with Crippen molar-refractivity contribution in [1.29, 1.82) is 0 Å². The molecule has 1 unspecified atom stereocenters. The van der Waals surface area contributed by atoms with Crippen LogP contribution in [0.5, 0.6) is 5.75 Å². The normalized spacial score (nSPS) is 16.9. The molecule has 0 aliphatic heterocycles. The molecule has 3 rings (SSSR count). The number of aryl methyl sites for hydroxylation is 1. The molecule has 0 heterocycles. The Morgan fingerprint density at radius 3 is 2.65 bits per heavy atom. The second kappa shape index (κ2) is 5.37. The maximum atomic E-state index is 6.05. The second-order valence-electron chi connectivity index (χ2n) is 5.35. The number of anilines is 1. The van der Waals surface area contributed by atoms with E-state index in [1.807, 2.05) is 12.1 Å². The lowest BCUT2D eigenvalue weighted by Crippen LogP contribution is -2.19. The molecule has 0 aromatic heterocycles. The zero-order valence-electron chi connectivity index (χ0n) is 11.7. The predicted octanol–water partition coefficient (Wildman–Crippen LogP) is 4.24. The van der Waals surface area contributed by atoms with E-state index in [0.29, 0.717) is 6.04 Å². The summed E-state index contributed by atoms with van der Waals surface area (Å²) < 4.78 is 5.29. The van der Waals surface area contributed by atoms with Crippen molar-refractivity contribution in [3.8, 4) is 5.75 Å². The fourth-order valence-corrected chi connectivity index (χ4v) is 3.09. The lowest BCUT2D eigenvalue weighted by Gasteiger charge is -2.15. The van der Waals surface area contributed by atoms with Crippen LogP contribution < -0.4 is 10.1 Å². The number of fused-ring (bicyclic) bond motifs is 1. The van der Waals surface area contributed by atoms with Gasteiger partial charge < -0.3 is 10.1 Å². The van der Waals surface area contributed by atoms with E-state index in [0.717, 1.165) is 34.9 Å². The van der Waals surface area contributed by atoms with Gasteiger partial charge in [-0.15, -0.1) is 0 Å². The number of hydrogen-bond acceptors (Lipinski definition) is 2. The maximum Gasteiger partial charge on any atom is 0.121 e. The summed E-state index contributed by atoms with van der Waals surface area (Å²) in [5, 5.41) is 4.42. The van der Waals surface area contributed by atoms with Crippen molar-refractivity contribution in [2.45, 2.75) is 25.8 Å². The van der Waals surface area contributed by atoms with Gasteiger partial charge in [-0.1, -0.05) is 17.7 Å². The van der Waals surface area contributed by atoms with E-state index < -0.39 is 0 Å². The Labute approximate surface area is 124 Å². The first kappa shape index (κ1) is 13.3. The molecule has 1 aliphatic carbocycles. The van der Waals surface area contributed by atoms with Gasteiger partial charge in [0.2, 0.25) is 0 Å². The predicted molar refractivity (Wildman–Crippen MR) is 84.0 cm³/mol. The number of halogens is 1. The zero-order chi connectivity index (χ0) is 14.1. The van der Waals surface area contributed by atoms with Gasteiger partial charge in [0.05, 0.1) is 7.11 Å². The van der Waals surface area contributed by atoms with E-state index in [-0.39, 0.29) is 0 Å². The number of nitrogens with one attached hydrogen (secondary N) is 1. The number of hydrogen-bond donors (Lipinski definition) is 1. The van der Waals surface area contributed by atoms with Crippen LogP contribution in [0, 0.1) is 6.92 Å². The van der Waals surface area contributed by atoms with E-state index in [1.54, 1.807) is 7.11 Å². The summed E-state index contributed by atoms with van der Waals surface area (Å²) in [6, 6.07) is 12.8. The van der Waals surface area contributed by atoms with E-state index in [9.17, 15) is 0 Å². The summed E-state index contributed by atoms with van der Waals surface area (Å²) in [7, 11) is 1.70. The molecule has 0 saturated carbocycles. The molecule has 20 heavy (non-hydrogen) atoms. The minimum absolute atomic E-state index is 0.441. The standard InChI is InChI=1S/C17H18ClNO/c1-11-7-15(5-6-17(11)20-2)19-16-9-12-3-4-14(18)8-13(12)10-16/h3-8,16,19H,9-10H2,1-2H3.